The molecular formula is C12H13O4-. The third kappa shape index (κ3) is 2.39. The van der Waals surface area contributed by atoms with Crippen LogP contribution in [-0.4, -0.2) is 19.0 Å². The lowest BCUT2D eigenvalue weighted by atomic mass is 9.84. The summed E-state index contributed by atoms with van der Waals surface area (Å²) in [5, 5.41) is 11.0. The molecule has 0 N–H and O–H groups in total. The van der Waals surface area contributed by atoms with Gasteiger partial charge in [0.25, 0.3) is 0 Å². The van der Waals surface area contributed by atoms with Gasteiger partial charge in [-0.3, -0.25) is 4.79 Å². The summed E-state index contributed by atoms with van der Waals surface area (Å²) in [5.74, 6) is -2.22. The van der Waals surface area contributed by atoms with E-state index in [2.05, 4.69) is 4.74 Å². The summed E-state index contributed by atoms with van der Waals surface area (Å²) < 4.78 is 4.49. The van der Waals surface area contributed by atoms with Gasteiger partial charge in [0, 0.05) is 0 Å². The molecule has 1 rings (SSSR count). The summed E-state index contributed by atoms with van der Waals surface area (Å²) in [5.41, 5.74) is -0.893. The number of carbonyl (C=O) groups is 2. The first-order valence-corrected chi connectivity index (χ1v) is 4.84. The van der Waals surface area contributed by atoms with E-state index in [0.29, 0.717) is 0 Å². The monoisotopic (exact) mass is 221 g/mol. The quantitative estimate of drug-likeness (QED) is 0.536. The second kappa shape index (κ2) is 4.79. The Hall–Kier alpha value is -1.84. The Balaban J connectivity index is 2.97. The normalized spacial score (nSPS) is 13.9. The van der Waals surface area contributed by atoms with Crippen molar-refractivity contribution in [3.63, 3.8) is 0 Å². The van der Waals surface area contributed by atoms with Gasteiger partial charge in [-0.1, -0.05) is 30.3 Å². The fourth-order valence-electron chi connectivity index (χ4n) is 1.46. The van der Waals surface area contributed by atoms with Crippen molar-refractivity contribution in [2.24, 2.45) is 5.41 Å². The first-order valence-electron chi connectivity index (χ1n) is 4.84. The molecule has 0 fully saturated rings. The van der Waals surface area contributed by atoms with Crippen molar-refractivity contribution >= 4 is 11.9 Å². The third-order valence-corrected chi connectivity index (χ3v) is 2.49. The highest BCUT2D eigenvalue weighted by Gasteiger charge is 2.36. The smallest absolute Gasteiger partial charge is 0.317 e. The number of carbonyl (C=O) groups excluding carboxylic acids is 2. The van der Waals surface area contributed by atoms with Crippen molar-refractivity contribution in [3.8, 4) is 0 Å². The molecule has 4 nitrogen and oxygen atoms in total. The Morgan fingerprint density at radius 1 is 1.31 bits per heavy atom. The van der Waals surface area contributed by atoms with Crippen LogP contribution in [0.4, 0.5) is 0 Å². The molecule has 1 aromatic rings. The van der Waals surface area contributed by atoms with Gasteiger partial charge in [0.2, 0.25) is 0 Å². The highest BCUT2D eigenvalue weighted by atomic mass is 16.5. The summed E-state index contributed by atoms with van der Waals surface area (Å²) in [6, 6.07) is 8.89. The van der Waals surface area contributed by atoms with Crippen LogP contribution < -0.4 is 5.11 Å². The summed E-state index contributed by atoms with van der Waals surface area (Å²) in [6.45, 7) is 1.31. The second-order valence-electron chi connectivity index (χ2n) is 3.77. The second-order valence-corrected chi connectivity index (χ2v) is 3.77. The molecule has 4 heteroatoms. The average molecular weight is 221 g/mol. The molecule has 1 aromatic carbocycles. The number of hydrogen-bond donors (Lipinski definition) is 0. The van der Waals surface area contributed by atoms with E-state index in [0.717, 1.165) is 12.7 Å². The molecule has 0 bridgehead atoms. The first kappa shape index (κ1) is 12.2. The van der Waals surface area contributed by atoms with Crippen LogP contribution >= 0.6 is 0 Å². The fraction of sp³-hybridized carbons (Fsp3) is 0.333. The molecule has 16 heavy (non-hydrogen) atoms. The van der Waals surface area contributed by atoms with Gasteiger partial charge in [-0.05, 0) is 18.9 Å². The molecule has 86 valence electrons. The van der Waals surface area contributed by atoms with Crippen molar-refractivity contribution < 1.29 is 19.4 Å². The van der Waals surface area contributed by atoms with Crippen LogP contribution in [-0.2, 0) is 20.7 Å². The van der Waals surface area contributed by atoms with E-state index in [-0.39, 0.29) is 6.42 Å². The Labute approximate surface area is 93.9 Å². The van der Waals surface area contributed by atoms with Crippen molar-refractivity contribution in [1.29, 1.82) is 0 Å². The fourth-order valence-corrected chi connectivity index (χ4v) is 1.46. The van der Waals surface area contributed by atoms with Crippen LogP contribution in [0.3, 0.4) is 0 Å². The highest BCUT2D eigenvalue weighted by molar-refractivity contribution is 5.98. The Kier molecular flexibility index (Phi) is 3.66. The Morgan fingerprint density at radius 2 is 1.88 bits per heavy atom. The van der Waals surface area contributed by atoms with Crippen molar-refractivity contribution in [2.45, 2.75) is 13.3 Å². The third-order valence-electron chi connectivity index (χ3n) is 2.49. The van der Waals surface area contributed by atoms with Crippen LogP contribution in [0.15, 0.2) is 30.3 Å². The Morgan fingerprint density at radius 3 is 2.31 bits per heavy atom. The topological polar surface area (TPSA) is 66.4 Å². The highest BCUT2D eigenvalue weighted by Crippen LogP contribution is 2.23. The van der Waals surface area contributed by atoms with Gasteiger partial charge in [-0.15, -0.1) is 0 Å². The largest absolute Gasteiger partial charge is 0.549 e. The maximum Gasteiger partial charge on any atom is 0.317 e. The van der Waals surface area contributed by atoms with Gasteiger partial charge in [-0.2, -0.15) is 0 Å². The zero-order valence-corrected chi connectivity index (χ0v) is 9.23. The van der Waals surface area contributed by atoms with Crippen molar-refractivity contribution in [3.05, 3.63) is 35.9 Å². The van der Waals surface area contributed by atoms with Gasteiger partial charge < -0.3 is 14.6 Å². The van der Waals surface area contributed by atoms with Gasteiger partial charge in [0.1, 0.15) is 5.41 Å². The molecule has 0 unspecified atom stereocenters. The predicted octanol–water partition coefficient (Wildman–Crippen LogP) is 0.158. The molecule has 0 saturated carbocycles. The van der Waals surface area contributed by atoms with Crippen LogP contribution in [0.1, 0.15) is 12.5 Å². The van der Waals surface area contributed by atoms with E-state index in [4.69, 9.17) is 0 Å². The van der Waals surface area contributed by atoms with E-state index < -0.39 is 17.4 Å². The number of esters is 1. The average Bonchev–Trinajstić information content (AvgIpc) is 2.28. The zero-order valence-electron chi connectivity index (χ0n) is 9.23. The van der Waals surface area contributed by atoms with Crippen LogP contribution in [0.5, 0.6) is 0 Å². The molecule has 0 saturated heterocycles. The van der Waals surface area contributed by atoms with E-state index in [9.17, 15) is 14.7 Å². The summed E-state index contributed by atoms with van der Waals surface area (Å²) >= 11 is 0. The number of methoxy groups -OCH3 is 1. The summed E-state index contributed by atoms with van der Waals surface area (Å²) in [6.07, 6.45) is 0.0584. The van der Waals surface area contributed by atoms with E-state index >= 15 is 0 Å². The predicted molar refractivity (Wildman–Crippen MR) is 55.3 cm³/mol. The summed E-state index contributed by atoms with van der Waals surface area (Å²) in [7, 11) is 1.16. The minimum absolute atomic E-state index is 0.0584. The van der Waals surface area contributed by atoms with Gasteiger partial charge >= 0.3 is 5.97 Å². The number of aliphatic carboxylic acids is 1. The lowest BCUT2D eigenvalue weighted by Crippen LogP contribution is -2.47. The minimum atomic E-state index is -1.64. The van der Waals surface area contributed by atoms with Gasteiger partial charge in [-0.25, -0.2) is 0 Å². The SMILES string of the molecule is COC(=O)[C@](C)(Cc1ccccc1)C(=O)[O-]. The van der Waals surface area contributed by atoms with Crippen LogP contribution in [0, 0.1) is 5.41 Å². The number of ether oxygens (including phenoxy) is 1. The van der Waals surface area contributed by atoms with Crippen LogP contribution in [0.2, 0.25) is 0 Å². The zero-order chi connectivity index (χ0) is 12.2. The number of hydrogen-bond acceptors (Lipinski definition) is 4. The molecule has 0 heterocycles. The van der Waals surface area contributed by atoms with E-state index in [1.54, 1.807) is 24.3 Å². The lowest BCUT2D eigenvalue weighted by molar-refractivity contribution is -0.317. The maximum absolute atomic E-state index is 11.4. The molecule has 0 amide bonds. The molecule has 0 aliphatic heterocycles. The summed E-state index contributed by atoms with van der Waals surface area (Å²) in [4.78, 5) is 22.5. The molecule has 0 aromatic heterocycles. The number of rotatable bonds is 4. The van der Waals surface area contributed by atoms with E-state index in [1.807, 2.05) is 6.07 Å². The maximum atomic E-state index is 11.4. The number of carboxylic acids is 1. The minimum Gasteiger partial charge on any atom is -0.549 e. The van der Waals surface area contributed by atoms with E-state index in [1.165, 1.54) is 6.92 Å². The Bertz CT molecular complexity index is 385. The number of benzene rings is 1. The first-order chi connectivity index (χ1) is 7.50. The molecular weight excluding hydrogens is 208 g/mol. The molecule has 1 atom stereocenters. The van der Waals surface area contributed by atoms with Crippen molar-refractivity contribution in [1.82, 2.24) is 0 Å². The molecule has 0 aliphatic rings. The van der Waals surface area contributed by atoms with Gasteiger partial charge in [0.05, 0.1) is 13.1 Å². The molecule has 0 spiro atoms. The number of carboxylic acid groups (broad SMARTS) is 1. The van der Waals surface area contributed by atoms with Crippen LogP contribution in [0.25, 0.3) is 0 Å². The lowest BCUT2D eigenvalue weighted by Gasteiger charge is -2.27. The molecule has 0 aliphatic carbocycles. The van der Waals surface area contributed by atoms with Gasteiger partial charge in [0.15, 0.2) is 0 Å². The molecule has 0 radical (unpaired) electrons. The van der Waals surface area contributed by atoms with Crippen molar-refractivity contribution in [2.75, 3.05) is 7.11 Å². The standard InChI is InChI=1S/C12H14O4/c1-12(10(13)14,11(15)16-2)8-9-6-4-3-5-7-9/h3-7H,8H2,1-2H3,(H,13,14)/p-1/t12-/m1/s1.